The maximum atomic E-state index is 4.67. The maximum Gasteiger partial charge on any atom is 0.0687 e. The van der Waals surface area contributed by atoms with Crippen molar-refractivity contribution in [2.75, 3.05) is 6.54 Å². The zero-order valence-corrected chi connectivity index (χ0v) is 11.2. The molecule has 0 unspecified atom stereocenters. The molecule has 0 bridgehead atoms. The number of nitrogens with zero attached hydrogens (tertiary/aromatic N) is 2. The molecule has 2 heterocycles. The van der Waals surface area contributed by atoms with Gasteiger partial charge in [-0.1, -0.05) is 42.3 Å². The Morgan fingerprint density at radius 2 is 2.16 bits per heavy atom. The lowest BCUT2D eigenvalue weighted by Crippen LogP contribution is -2.24. The topological polar surface area (TPSA) is 24.7 Å². The summed E-state index contributed by atoms with van der Waals surface area (Å²) in [6.07, 6.45) is 7.53. The van der Waals surface area contributed by atoms with Crippen LogP contribution in [0, 0.1) is 0 Å². The highest BCUT2D eigenvalue weighted by Gasteiger charge is 2.07. The number of allylic oxidation sites excluding steroid dienone is 2. The Bertz CT molecular complexity index is 775. The molecule has 1 aromatic rings. The van der Waals surface area contributed by atoms with Crippen LogP contribution < -0.4 is 10.6 Å². The van der Waals surface area contributed by atoms with Crippen LogP contribution >= 0.6 is 11.8 Å². The van der Waals surface area contributed by atoms with E-state index in [0.717, 1.165) is 26.0 Å². The van der Waals surface area contributed by atoms with Crippen molar-refractivity contribution in [2.45, 2.75) is 0 Å². The first kappa shape index (κ1) is 12.0. The van der Waals surface area contributed by atoms with Crippen molar-refractivity contribution in [3.05, 3.63) is 74.8 Å². The van der Waals surface area contributed by atoms with E-state index in [-0.39, 0.29) is 0 Å². The quantitative estimate of drug-likeness (QED) is 0.660. The first-order valence-electron chi connectivity index (χ1n) is 5.98. The number of rotatable bonds is 0. The Morgan fingerprint density at radius 3 is 3.11 bits per heavy atom. The van der Waals surface area contributed by atoms with E-state index >= 15 is 0 Å². The highest BCUT2D eigenvalue weighted by molar-refractivity contribution is 8.07. The fourth-order valence-corrected chi connectivity index (χ4v) is 2.77. The van der Waals surface area contributed by atoms with Crippen molar-refractivity contribution in [1.82, 2.24) is 0 Å². The van der Waals surface area contributed by atoms with Gasteiger partial charge in [0.25, 0.3) is 0 Å². The standard InChI is InChI=1S/C16H12N2S/c1-12-9-13-5-2-3-6-15(13)18-11-14-10-17-8-4-7-16(14)19-12/h2-3,5-10H,1,11H2/b13-9-,18-15?. The molecule has 19 heavy (non-hydrogen) atoms. The van der Waals surface area contributed by atoms with Crippen LogP contribution in [0.4, 0.5) is 0 Å². The number of aliphatic imine (C=N–C) groups is 1. The highest BCUT2D eigenvalue weighted by Crippen LogP contribution is 2.29. The summed E-state index contributed by atoms with van der Waals surface area (Å²) in [7, 11) is 0. The number of benzene rings is 1. The molecule has 0 atom stereocenters. The molecule has 0 fully saturated rings. The largest absolute Gasteiger partial charge is 0.280 e. The average Bonchev–Trinajstić information content (AvgIpc) is 2.59. The molecule has 0 spiro atoms. The number of thioether (sulfide) groups is 1. The lowest BCUT2D eigenvalue weighted by Gasteiger charge is -2.04. The van der Waals surface area contributed by atoms with Crippen molar-refractivity contribution < 1.29 is 0 Å². The molecule has 2 aliphatic heterocycles. The first-order chi connectivity index (χ1) is 9.33. The minimum absolute atomic E-state index is 0.621. The Balaban J connectivity index is 2.18. The molecule has 3 rings (SSSR count). The van der Waals surface area contributed by atoms with Crippen LogP contribution in [0.3, 0.4) is 0 Å². The van der Waals surface area contributed by atoms with Crippen molar-refractivity contribution in [3.8, 4) is 0 Å². The van der Waals surface area contributed by atoms with Gasteiger partial charge in [0.1, 0.15) is 0 Å². The average molecular weight is 264 g/mol. The van der Waals surface area contributed by atoms with Gasteiger partial charge >= 0.3 is 0 Å². The van der Waals surface area contributed by atoms with Crippen molar-refractivity contribution in [2.24, 2.45) is 9.98 Å². The Hall–Kier alpha value is -2.09. The SMILES string of the molecule is C=C1/C=c2/ccccc2=NCC2=C(C=C=CN=C2)S1. The molecule has 92 valence electrons. The lowest BCUT2D eigenvalue weighted by molar-refractivity contribution is 1.11. The van der Waals surface area contributed by atoms with E-state index in [1.807, 2.05) is 30.5 Å². The molecule has 0 saturated carbocycles. The molecule has 2 aliphatic rings. The van der Waals surface area contributed by atoms with Crippen LogP contribution in [0.15, 0.2) is 74.2 Å². The Labute approximate surface area is 116 Å². The molecule has 0 saturated heterocycles. The van der Waals surface area contributed by atoms with E-state index in [9.17, 15) is 0 Å². The molecule has 0 amide bonds. The molecule has 1 aromatic carbocycles. The molecular weight excluding hydrogens is 252 g/mol. The molecule has 0 aromatic heterocycles. The summed E-state index contributed by atoms with van der Waals surface area (Å²) in [6.45, 7) is 4.73. The number of fused-ring (bicyclic) bond motifs is 1. The summed E-state index contributed by atoms with van der Waals surface area (Å²) in [5.74, 6) is 0. The molecule has 0 aliphatic carbocycles. The lowest BCUT2D eigenvalue weighted by atomic mass is 10.2. The van der Waals surface area contributed by atoms with Crippen LogP contribution in [0.2, 0.25) is 0 Å². The van der Waals surface area contributed by atoms with Crippen molar-refractivity contribution >= 4 is 24.1 Å². The van der Waals surface area contributed by atoms with Gasteiger partial charge < -0.3 is 0 Å². The van der Waals surface area contributed by atoms with Gasteiger partial charge in [-0.2, -0.15) is 0 Å². The minimum atomic E-state index is 0.621. The van der Waals surface area contributed by atoms with Gasteiger partial charge in [-0.3, -0.25) is 9.98 Å². The molecule has 3 heteroatoms. The number of hydrogen-bond acceptors (Lipinski definition) is 3. The van der Waals surface area contributed by atoms with Gasteiger partial charge in [0.15, 0.2) is 0 Å². The summed E-state index contributed by atoms with van der Waals surface area (Å²) in [5, 5.41) is 2.10. The zero-order chi connectivity index (χ0) is 13.1. The van der Waals surface area contributed by atoms with Gasteiger partial charge in [0.2, 0.25) is 0 Å². The van der Waals surface area contributed by atoms with Gasteiger partial charge in [0, 0.05) is 26.8 Å². The van der Waals surface area contributed by atoms with Gasteiger partial charge in [-0.25, -0.2) is 0 Å². The summed E-state index contributed by atoms with van der Waals surface area (Å²) >= 11 is 1.64. The van der Waals surface area contributed by atoms with E-state index in [1.54, 1.807) is 18.0 Å². The normalized spacial score (nSPS) is 19.2. The Kier molecular flexibility index (Phi) is 3.32. The minimum Gasteiger partial charge on any atom is -0.280 e. The van der Waals surface area contributed by atoms with Gasteiger partial charge in [-0.05, 0) is 18.2 Å². The molecule has 0 N–H and O–H groups in total. The van der Waals surface area contributed by atoms with Gasteiger partial charge in [0.05, 0.1) is 18.1 Å². The third kappa shape index (κ3) is 2.68. The fraction of sp³-hybridized carbons (Fsp3) is 0.0625. The van der Waals surface area contributed by atoms with Crippen molar-refractivity contribution in [3.63, 3.8) is 0 Å². The van der Waals surface area contributed by atoms with Crippen molar-refractivity contribution in [1.29, 1.82) is 0 Å². The van der Waals surface area contributed by atoms with E-state index < -0.39 is 0 Å². The smallest absolute Gasteiger partial charge is 0.0687 e. The third-order valence-corrected chi connectivity index (χ3v) is 3.80. The third-order valence-electron chi connectivity index (χ3n) is 2.82. The van der Waals surface area contributed by atoms with Crippen LogP contribution in [-0.2, 0) is 0 Å². The van der Waals surface area contributed by atoms with E-state index in [0.29, 0.717) is 6.54 Å². The predicted octanol–water partition coefficient (Wildman–Crippen LogP) is 2.35. The van der Waals surface area contributed by atoms with Crippen LogP contribution in [-0.4, -0.2) is 12.8 Å². The highest BCUT2D eigenvalue weighted by atomic mass is 32.2. The molecular formula is C16H12N2S. The summed E-state index contributed by atoms with van der Waals surface area (Å²) < 4.78 is 0. The summed E-state index contributed by atoms with van der Waals surface area (Å²) in [5.41, 5.74) is 4.13. The molecule has 2 nitrogen and oxygen atoms in total. The van der Waals surface area contributed by atoms with Crippen LogP contribution in [0.25, 0.3) is 6.08 Å². The van der Waals surface area contributed by atoms with E-state index in [1.165, 1.54) is 0 Å². The second kappa shape index (κ2) is 5.27. The first-order valence-corrected chi connectivity index (χ1v) is 6.80. The fourth-order valence-electron chi connectivity index (χ4n) is 1.92. The van der Waals surface area contributed by atoms with E-state index in [4.69, 9.17) is 0 Å². The second-order valence-corrected chi connectivity index (χ2v) is 5.36. The van der Waals surface area contributed by atoms with E-state index in [2.05, 4.69) is 34.4 Å². The predicted molar refractivity (Wildman–Crippen MR) is 81.5 cm³/mol. The van der Waals surface area contributed by atoms with Gasteiger partial charge in [-0.15, -0.1) is 0 Å². The number of hydrogen-bond donors (Lipinski definition) is 0. The maximum absolute atomic E-state index is 4.67. The zero-order valence-electron chi connectivity index (χ0n) is 10.3. The number of para-hydroxylation sites is 1. The molecule has 0 radical (unpaired) electrons. The Morgan fingerprint density at radius 1 is 1.26 bits per heavy atom. The monoisotopic (exact) mass is 264 g/mol. The summed E-state index contributed by atoms with van der Waals surface area (Å²) in [6, 6.07) is 8.10. The summed E-state index contributed by atoms with van der Waals surface area (Å²) in [4.78, 5) is 10.9. The van der Waals surface area contributed by atoms with Crippen LogP contribution in [0.5, 0.6) is 0 Å². The van der Waals surface area contributed by atoms with Crippen LogP contribution in [0.1, 0.15) is 0 Å². The second-order valence-electron chi connectivity index (χ2n) is 4.20.